The predicted molar refractivity (Wildman–Crippen MR) is 82.4 cm³/mol. The number of nitrogens with zero attached hydrogens (tertiary/aromatic N) is 1. The summed E-state index contributed by atoms with van der Waals surface area (Å²) in [4.78, 5) is 2.50. The minimum absolute atomic E-state index is 0.297. The lowest BCUT2D eigenvalue weighted by atomic mass is 10.1. The van der Waals surface area contributed by atoms with Crippen LogP contribution in [0.15, 0.2) is 18.2 Å². The molecule has 0 amide bonds. The van der Waals surface area contributed by atoms with Crippen LogP contribution < -0.4 is 10.1 Å². The average Bonchev–Trinajstić information content (AvgIpc) is 3.19. The second-order valence-electron chi connectivity index (χ2n) is 6.46. The van der Waals surface area contributed by atoms with E-state index >= 15 is 0 Å². The zero-order valence-corrected chi connectivity index (χ0v) is 12.9. The van der Waals surface area contributed by atoms with Crippen LogP contribution in [0.5, 0.6) is 5.75 Å². The lowest BCUT2D eigenvalue weighted by Gasteiger charge is -2.25. The van der Waals surface area contributed by atoms with Crippen molar-refractivity contribution in [2.24, 2.45) is 0 Å². The molecule has 3 rings (SSSR count). The lowest BCUT2D eigenvalue weighted by molar-refractivity contribution is 0.207. The van der Waals surface area contributed by atoms with Crippen LogP contribution >= 0.6 is 0 Å². The Morgan fingerprint density at radius 2 is 2.20 bits per heavy atom. The summed E-state index contributed by atoms with van der Waals surface area (Å²) in [5.74, 6) is 1.07. The highest BCUT2D eigenvalue weighted by molar-refractivity contribution is 5.40. The Hall–Kier alpha value is -1.06. The van der Waals surface area contributed by atoms with Crippen LogP contribution in [0, 0.1) is 6.92 Å². The first-order valence-corrected chi connectivity index (χ1v) is 7.82. The van der Waals surface area contributed by atoms with E-state index in [2.05, 4.69) is 49.3 Å². The number of hydrogen-bond donors (Lipinski definition) is 1. The molecular weight excluding hydrogens is 248 g/mol. The molecule has 1 N–H and O–H groups in total. The molecular formula is C17H26N2O. The molecule has 0 radical (unpaired) electrons. The fourth-order valence-corrected chi connectivity index (χ4v) is 3.00. The SMILES string of the molecule is Cc1ccc2c(c1)CC(CNCC(C)N(C)C1CC1)O2. The van der Waals surface area contributed by atoms with Crippen LogP contribution in [0.3, 0.4) is 0 Å². The molecule has 1 aromatic rings. The van der Waals surface area contributed by atoms with Gasteiger partial charge >= 0.3 is 0 Å². The van der Waals surface area contributed by atoms with Crippen molar-refractivity contribution < 1.29 is 4.74 Å². The van der Waals surface area contributed by atoms with Crippen molar-refractivity contribution in [1.82, 2.24) is 10.2 Å². The number of aryl methyl sites for hydroxylation is 1. The largest absolute Gasteiger partial charge is 0.488 e. The Bertz CT molecular complexity index is 470. The quantitative estimate of drug-likeness (QED) is 0.862. The minimum atomic E-state index is 0.297. The van der Waals surface area contributed by atoms with Crippen LogP contribution in [0.2, 0.25) is 0 Å². The molecule has 1 heterocycles. The van der Waals surface area contributed by atoms with Gasteiger partial charge in [0.05, 0.1) is 0 Å². The molecule has 0 aromatic heterocycles. The molecule has 20 heavy (non-hydrogen) atoms. The van der Waals surface area contributed by atoms with E-state index in [-0.39, 0.29) is 0 Å². The van der Waals surface area contributed by atoms with Crippen molar-refractivity contribution in [2.75, 3.05) is 20.1 Å². The van der Waals surface area contributed by atoms with E-state index in [1.807, 2.05) is 0 Å². The summed E-state index contributed by atoms with van der Waals surface area (Å²) in [6.07, 6.45) is 4.09. The number of ether oxygens (including phenoxy) is 1. The molecule has 0 spiro atoms. The summed E-state index contributed by atoms with van der Waals surface area (Å²) in [5, 5.41) is 3.57. The van der Waals surface area contributed by atoms with Crippen molar-refractivity contribution >= 4 is 0 Å². The Balaban J connectivity index is 1.42. The number of rotatable bonds is 6. The van der Waals surface area contributed by atoms with Gasteiger partial charge in [0.2, 0.25) is 0 Å². The van der Waals surface area contributed by atoms with E-state index in [0.29, 0.717) is 12.1 Å². The summed E-state index contributed by atoms with van der Waals surface area (Å²) in [5.41, 5.74) is 2.68. The Morgan fingerprint density at radius 1 is 1.40 bits per heavy atom. The summed E-state index contributed by atoms with van der Waals surface area (Å²) in [6.45, 7) is 6.43. The van der Waals surface area contributed by atoms with Crippen molar-refractivity contribution in [2.45, 2.75) is 51.3 Å². The number of fused-ring (bicyclic) bond motifs is 1. The van der Waals surface area contributed by atoms with Gasteiger partial charge in [-0.25, -0.2) is 0 Å². The van der Waals surface area contributed by atoms with Gasteiger partial charge in [0.15, 0.2) is 0 Å². The van der Waals surface area contributed by atoms with Gasteiger partial charge in [0.1, 0.15) is 11.9 Å². The highest BCUT2D eigenvalue weighted by Crippen LogP contribution is 2.29. The number of hydrogen-bond acceptors (Lipinski definition) is 3. The fraction of sp³-hybridized carbons (Fsp3) is 0.647. The van der Waals surface area contributed by atoms with Gasteiger partial charge in [0.25, 0.3) is 0 Å². The maximum atomic E-state index is 5.99. The molecule has 1 aliphatic heterocycles. The van der Waals surface area contributed by atoms with Crippen molar-refractivity contribution in [1.29, 1.82) is 0 Å². The smallest absolute Gasteiger partial charge is 0.123 e. The molecule has 3 nitrogen and oxygen atoms in total. The van der Waals surface area contributed by atoms with Gasteiger partial charge < -0.3 is 10.1 Å². The molecule has 1 fully saturated rings. The van der Waals surface area contributed by atoms with Crippen molar-refractivity contribution in [3.63, 3.8) is 0 Å². The van der Waals surface area contributed by atoms with Crippen LogP contribution in [-0.4, -0.2) is 43.2 Å². The Labute approximate surface area is 122 Å². The molecule has 1 saturated carbocycles. The molecule has 110 valence electrons. The van der Waals surface area contributed by atoms with Gasteiger partial charge in [-0.3, -0.25) is 4.90 Å². The lowest BCUT2D eigenvalue weighted by Crippen LogP contribution is -2.41. The van der Waals surface area contributed by atoms with E-state index in [0.717, 1.165) is 31.3 Å². The number of likely N-dealkylation sites (N-methyl/N-ethyl adjacent to an activating group) is 1. The van der Waals surface area contributed by atoms with E-state index in [9.17, 15) is 0 Å². The third-order valence-corrected chi connectivity index (χ3v) is 4.59. The molecule has 2 atom stereocenters. The average molecular weight is 274 g/mol. The summed E-state index contributed by atoms with van der Waals surface area (Å²) in [6, 6.07) is 7.92. The number of nitrogens with one attached hydrogen (secondary N) is 1. The molecule has 2 unspecified atom stereocenters. The Morgan fingerprint density at radius 3 is 2.95 bits per heavy atom. The van der Waals surface area contributed by atoms with Gasteiger partial charge in [-0.05, 0) is 45.4 Å². The first kappa shape index (κ1) is 13.9. The fourth-order valence-electron chi connectivity index (χ4n) is 3.00. The molecule has 1 aliphatic carbocycles. The first-order chi connectivity index (χ1) is 9.63. The van der Waals surface area contributed by atoms with Gasteiger partial charge in [-0.15, -0.1) is 0 Å². The normalized spacial score (nSPS) is 22.7. The molecule has 2 aliphatic rings. The maximum absolute atomic E-state index is 5.99. The molecule has 1 aromatic carbocycles. The molecule has 0 saturated heterocycles. The van der Waals surface area contributed by atoms with Gasteiger partial charge in [0, 0.05) is 31.6 Å². The van der Waals surface area contributed by atoms with E-state index in [4.69, 9.17) is 4.74 Å². The third kappa shape index (κ3) is 3.15. The van der Waals surface area contributed by atoms with Crippen LogP contribution in [0.1, 0.15) is 30.9 Å². The molecule has 0 bridgehead atoms. The van der Waals surface area contributed by atoms with Crippen LogP contribution in [0.4, 0.5) is 0 Å². The van der Waals surface area contributed by atoms with Crippen molar-refractivity contribution in [3.8, 4) is 5.75 Å². The monoisotopic (exact) mass is 274 g/mol. The maximum Gasteiger partial charge on any atom is 0.123 e. The van der Waals surface area contributed by atoms with E-state index in [1.54, 1.807) is 0 Å². The van der Waals surface area contributed by atoms with Gasteiger partial charge in [-0.2, -0.15) is 0 Å². The highest BCUT2D eigenvalue weighted by atomic mass is 16.5. The topological polar surface area (TPSA) is 24.5 Å². The second-order valence-corrected chi connectivity index (χ2v) is 6.46. The Kier molecular flexibility index (Phi) is 3.99. The predicted octanol–water partition coefficient (Wildman–Crippen LogP) is 2.37. The zero-order chi connectivity index (χ0) is 14.1. The minimum Gasteiger partial charge on any atom is -0.488 e. The summed E-state index contributed by atoms with van der Waals surface area (Å²) in [7, 11) is 2.24. The standard InChI is InChI=1S/C17H26N2O/c1-12-4-7-17-14(8-12)9-16(20-17)11-18-10-13(2)19(3)15-5-6-15/h4,7-8,13,15-16,18H,5-6,9-11H2,1-3H3. The van der Waals surface area contributed by atoms with E-state index < -0.39 is 0 Å². The van der Waals surface area contributed by atoms with Crippen LogP contribution in [0.25, 0.3) is 0 Å². The first-order valence-electron chi connectivity index (χ1n) is 7.82. The van der Waals surface area contributed by atoms with Gasteiger partial charge in [-0.1, -0.05) is 17.7 Å². The molecule has 3 heteroatoms. The zero-order valence-electron chi connectivity index (χ0n) is 12.9. The highest BCUT2D eigenvalue weighted by Gasteiger charge is 2.29. The van der Waals surface area contributed by atoms with E-state index in [1.165, 1.54) is 24.0 Å². The summed E-state index contributed by atoms with van der Waals surface area (Å²) < 4.78 is 5.99. The van der Waals surface area contributed by atoms with Crippen LogP contribution in [-0.2, 0) is 6.42 Å². The number of benzene rings is 1. The van der Waals surface area contributed by atoms with Crippen molar-refractivity contribution in [3.05, 3.63) is 29.3 Å². The summed E-state index contributed by atoms with van der Waals surface area (Å²) >= 11 is 0. The second kappa shape index (κ2) is 5.74. The third-order valence-electron chi connectivity index (χ3n) is 4.59.